The van der Waals surface area contributed by atoms with Crippen LogP contribution in [0.25, 0.3) is 0 Å². The lowest BCUT2D eigenvalue weighted by Crippen LogP contribution is -2.27. The molecule has 0 radical (unpaired) electrons. The Morgan fingerprint density at radius 2 is 2.29 bits per heavy atom. The lowest BCUT2D eigenvalue weighted by Gasteiger charge is -2.03. The summed E-state index contributed by atoms with van der Waals surface area (Å²) < 4.78 is 26.3. The van der Waals surface area contributed by atoms with Crippen LogP contribution in [-0.4, -0.2) is 35.5 Å². The van der Waals surface area contributed by atoms with Gasteiger partial charge < -0.3 is 4.57 Å². The fourth-order valence-corrected chi connectivity index (χ4v) is 1.57. The summed E-state index contributed by atoms with van der Waals surface area (Å²) in [6.07, 6.45) is 2.14. The summed E-state index contributed by atoms with van der Waals surface area (Å²) in [5.74, 6) is 0.870. The van der Waals surface area contributed by atoms with Crippen molar-refractivity contribution in [3.05, 3.63) is 12.2 Å². The van der Waals surface area contributed by atoms with E-state index in [4.69, 9.17) is 0 Å². The molecule has 0 aliphatic carbocycles. The summed E-state index contributed by atoms with van der Waals surface area (Å²) in [5.41, 5.74) is 0. The first-order chi connectivity index (χ1) is 6.55. The number of nitrogens with zero attached hydrogens (tertiary/aromatic N) is 3. The number of aromatic nitrogens is 3. The summed E-state index contributed by atoms with van der Waals surface area (Å²) in [7, 11) is -1.27. The second-order valence-corrected chi connectivity index (χ2v) is 5.00. The van der Waals surface area contributed by atoms with E-state index in [-0.39, 0.29) is 5.75 Å². The molecule has 0 saturated heterocycles. The average Bonchev–Trinajstić information content (AvgIpc) is 2.52. The monoisotopic (exact) mass is 218 g/mol. The number of sulfonamides is 1. The van der Waals surface area contributed by atoms with Crippen molar-refractivity contribution >= 4 is 10.0 Å². The highest BCUT2D eigenvalue weighted by molar-refractivity contribution is 7.89. The summed E-state index contributed by atoms with van der Waals surface area (Å²) in [6.45, 7) is 1.97. The van der Waals surface area contributed by atoms with E-state index < -0.39 is 10.0 Å². The number of hydrogen-bond acceptors (Lipinski definition) is 4. The highest BCUT2D eigenvalue weighted by Gasteiger charge is 2.06. The van der Waals surface area contributed by atoms with Gasteiger partial charge in [0.05, 0.1) is 5.75 Å². The molecule has 0 spiro atoms. The Bertz CT molecular complexity index is 384. The van der Waals surface area contributed by atoms with Crippen molar-refractivity contribution in [3.8, 4) is 0 Å². The normalized spacial score (nSPS) is 11.9. The molecule has 0 saturated carbocycles. The Labute approximate surface area is 83.4 Å². The van der Waals surface area contributed by atoms with Crippen LogP contribution in [0.1, 0.15) is 12.7 Å². The van der Waals surface area contributed by atoms with Gasteiger partial charge in [-0.05, 0) is 6.92 Å². The quantitative estimate of drug-likeness (QED) is 0.708. The molecular formula is C7H14N4O2S. The van der Waals surface area contributed by atoms with E-state index in [9.17, 15) is 8.42 Å². The molecule has 0 aliphatic heterocycles. The third kappa shape index (κ3) is 3.08. The Morgan fingerprint density at radius 3 is 2.79 bits per heavy atom. The maximum absolute atomic E-state index is 11.1. The maximum atomic E-state index is 11.1. The molecule has 1 rings (SSSR count). The van der Waals surface area contributed by atoms with Gasteiger partial charge in [0.1, 0.15) is 12.2 Å². The van der Waals surface area contributed by atoms with Crippen LogP contribution in [0.4, 0.5) is 0 Å². The van der Waals surface area contributed by atoms with Crippen molar-refractivity contribution in [3.63, 3.8) is 0 Å². The van der Waals surface area contributed by atoms with Crippen molar-refractivity contribution < 1.29 is 8.42 Å². The van der Waals surface area contributed by atoms with Gasteiger partial charge in [0.15, 0.2) is 0 Å². The van der Waals surface area contributed by atoms with Gasteiger partial charge in [-0.15, -0.1) is 10.2 Å². The fourth-order valence-electron chi connectivity index (χ4n) is 0.954. The molecule has 6 nitrogen and oxygen atoms in total. The maximum Gasteiger partial charge on any atom is 0.211 e. The van der Waals surface area contributed by atoms with Crippen LogP contribution in [0.2, 0.25) is 0 Å². The van der Waals surface area contributed by atoms with Crippen LogP contribution in [0.15, 0.2) is 6.33 Å². The van der Waals surface area contributed by atoms with E-state index in [1.807, 2.05) is 7.05 Å². The largest absolute Gasteiger partial charge is 0.321 e. The van der Waals surface area contributed by atoms with Crippen molar-refractivity contribution in [2.24, 2.45) is 7.05 Å². The topological polar surface area (TPSA) is 76.9 Å². The second kappa shape index (κ2) is 4.52. The van der Waals surface area contributed by atoms with Crippen molar-refractivity contribution in [1.29, 1.82) is 0 Å². The minimum Gasteiger partial charge on any atom is -0.321 e. The van der Waals surface area contributed by atoms with Gasteiger partial charge in [-0.1, -0.05) is 0 Å². The Balaban J connectivity index is 2.40. The molecule has 80 valence electrons. The molecule has 0 bridgehead atoms. The number of nitrogens with one attached hydrogen (secondary N) is 1. The standard InChI is InChI=1S/C7H14N4O2S/c1-3-14(12,13)9-5-4-7-10-8-6-11(7)2/h6,9H,3-5H2,1-2H3. The van der Waals surface area contributed by atoms with Crippen LogP contribution < -0.4 is 4.72 Å². The molecule has 0 fully saturated rings. The van der Waals surface area contributed by atoms with Crippen LogP contribution >= 0.6 is 0 Å². The van der Waals surface area contributed by atoms with Crippen molar-refractivity contribution in [1.82, 2.24) is 19.5 Å². The molecule has 0 aliphatic rings. The predicted molar refractivity (Wildman–Crippen MR) is 52.2 cm³/mol. The minimum atomic E-state index is -3.09. The van der Waals surface area contributed by atoms with Crippen LogP contribution in [0, 0.1) is 0 Å². The number of rotatable bonds is 5. The Morgan fingerprint density at radius 1 is 1.57 bits per heavy atom. The van der Waals surface area contributed by atoms with E-state index in [1.165, 1.54) is 0 Å². The predicted octanol–water partition coefficient (Wildman–Crippen LogP) is -0.703. The summed E-state index contributed by atoms with van der Waals surface area (Å²) in [4.78, 5) is 0. The minimum absolute atomic E-state index is 0.103. The lowest BCUT2D eigenvalue weighted by molar-refractivity contribution is 0.581. The molecule has 14 heavy (non-hydrogen) atoms. The molecule has 1 heterocycles. The summed E-state index contributed by atoms with van der Waals surface area (Å²) in [5, 5.41) is 7.53. The van der Waals surface area contributed by atoms with E-state index in [0.717, 1.165) is 5.82 Å². The highest BCUT2D eigenvalue weighted by Crippen LogP contribution is 1.92. The molecule has 1 N–H and O–H groups in total. The average molecular weight is 218 g/mol. The van der Waals surface area contributed by atoms with E-state index in [0.29, 0.717) is 13.0 Å². The molecule has 0 aromatic carbocycles. The number of hydrogen-bond donors (Lipinski definition) is 1. The van der Waals surface area contributed by atoms with Gasteiger partial charge >= 0.3 is 0 Å². The van der Waals surface area contributed by atoms with Gasteiger partial charge in [0, 0.05) is 20.0 Å². The summed E-state index contributed by atoms with van der Waals surface area (Å²) >= 11 is 0. The van der Waals surface area contributed by atoms with Crippen LogP contribution in [0.5, 0.6) is 0 Å². The second-order valence-electron chi connectivity index (χ2n) is 2.91. The highest BCUT2D eigenvalue weighted by atomic mass is 32.2. The third-order valence-electron chi connectivity index (χ3n) is 1.86. The molecular weight excluding hydrogens is 204 g/mol. The van der Waals surface area contributed by atoms with E-state index in [2.05, 4.69) is 14.9 Å². The Hall–Kier alpha value is -0.950. The molecule has 1 aromatic rings. The molecule has 0 unspecified atom stereocenters. The van der Waals surface area contributed by atoms with Gasteiger partial charge in [0.2, 0.25) is 10.0 Å². The molecule has 0 amide bonds. The number of aryl methyl sites for hydroxylation is 1. The van der Waals surface area contributed by atoms with Crippen molar-refractivity contribution in [2.75, 3.05) is 12.3 Å². The zero-order valence-corrected chi connectivity index (χ0v) is 9.08. The van der Waals surface area contributed by atoms with Crippen molar-refractivity contribution in [2.45, 2.75) is 13.3 Å². The van der Waals surface area contributed by atoms with Gasteiger partial charge in [0.25, 0.3) is 0 Å². The lowest BCUT2D eigenvalue weighted by atomic mass is 10.4. The third-order valence-corrected chi connectivity index (χ3v) is 3.26. The van der Waals surface area contributed by atoms with E-state index in [1.54, 1.807) is 17.8 Å². The SMILES string of the molecule is CCS(=O)(=O)NCCc1nncn1C. The van der Waals surface area contributed by atoms with E-state index >= 15 is 0 Å². The first kappa shape index (κ1) is 11.1. The smallest absolute Gasteiger partial charge is 0.211 e. The van der Waals surface area contributed by atoms with Gasteiger partial charge in [-0.2, -0.15) is 0 Å². The molecule has 7 heteroatoms. The summed E-state index contributed by atoms with van der Waals surface area (Å²) in [6, 6.07) is 0. The zero-order chi connectivity index (χ0) is 10.6. The molecule has 0 atom stereocenters. The van der Waals surface area contributed by atoms with Crippen LogP contribution in [0.3, 0.4) is 0 Å². The van der Waals surface area contributed by atoms with Crippen LogP contribution in [-0.2, 0) is 23.5 Å². The Kier molecular flexibility index (Phi) is 3.59. The first-order valence-corrected chi connectivity index (χ1v) is 6.00. The first-order valence-electron chi connectivity index (χ1n) is 4.35. The van der Waals surface area contributed by atoms with Gasteiger partial charge in [-0.3, -0.25) is 0 Å². The molecule has 1 aromatic heterocycles. The fraction of sp³-hybridized carbons (Fsp3) is 0.714. The van der Waals surface area contributed by atoms with Gasteiger partial charge in [-0.25, -0.2) is 13.1 Å². The zero-order valence-electron chi connectivity index (χ0n) is 8.27.